The van der Waals surface area contributed by atoms with Crippen LogP contribution in [0.5, 0.6) is 0 Å². The van der Waals surface area contributed by atoms with Gasteiger partial charge in [-0.25, -0.2) is 0 Å². The van der Waals surface area contributed by atoms with Gasteiger partial charge in [-0.3, -0.25) is 4.79 Å². The van der Waals surface area contributed by atoms with E-state index < -0.39 is 6.04 Å². The average molecular weight is 226 g/mol. The quantitative estimate of drug-likeness (QED) is 0.834. The molecule has 0 saturated heterocycles. The maximum Gasteiger partial charge on any atom is 0.244 e. The van der Waals surface area contributed by atoms with E-state index in [2.05, 4.69) is 6.92 Å². The van der Waals surface area contributed by atoms with Crippen LogP contribution in [0.3, 0.4) is 0 Å². The van der Waals surface area contributed by atoms with Gasteiger partial charge in [-0.05, 0) is 24.8 Å². The first-order valence-electron chi connectivity index (χ1n) is 5.28. The molecule has 0 aliphatic carbocycles. The molecule has 1 aromatic heterocycles. The highest BCUT2D eigenvalue weighted by molar-refractivity contribution is 7.10. The second kappa shape index (κ2) is 5.88. The third kappa shape index (κ3) is 3.04. The van der Waals surface area contributed by atoms with E-state index >= 15 is 0 Å². The van der Waals surface area contributed by atoms with Crippen LogP contribution in [0.1, 0.15) is 31.2 Å². The Morgan fingerprint density at radius 1 is 1.60 bits per heavy atom. The first kappa shape index (κ1) is 12.2. The Kier molecular flexibility index (Phi) is 4.78. The fourth-order valence-electron chi connectivity index (χ4n) is 1.48. The number of rotatable bonds is 5. The monoisotopic (exact) mass is 226 g/mol. The molecule has 0 spiro atoms. The second-order valence-electron chi connectivity index (χ2n) is 3.41. The summed E-state index contributed by atoms with van der Waals surface area (Å²) in [5.41, 5.74) is 5.91. The third-order valence-electron chi connectivity index (χ3n) is 2.30. The molecular formula is C11H18N2OS. The predicted molar refractivity (Wildman–Crippen MR) is 63.8 cm³/mol. The van der Waals surface area contributed by atoms with Crippen molar-refractivity contribution in [2.75, 3.05) is 13.1 Å². The highest BCUT2D eigenvalue weighted by Crippen LogP contribution is 2.18. The van der Waals surface area contributed by atoms with E-state index in [1.54, 1.807) is 0 Å². The molecule has 0 bridgehead atoms. The molecule has 4 heteroatoms. The Hall–Kier alpha value is -0.870. The maximum atomic E-state index is 12.0. The van der Waals surface area contributed by atoms with Gasteiger partial charge < -0.3 is 10.6 Å². The fraction of sp³-hybridized carbons (Fsp3) is 0.545. The lowest BCUT2D eigenvalue weighted by Crippen LogP contribution is -2.38. The van der Waals surface area contributed by atoms with Gasteiger partial charge in [-0.2, -0.15) is 0 Å². The minimum absolute atomic E-state index is 0.0294. The second-order valence-corrected chi connectivity index (χ2v) is 4.39. The molecule has 0 saturated carbocycles. The number of carbonyl (C=O) groups excluding carboxylic acids is 1. The lowest BCUT2D eigenvalue weighted by Gasteiger charge is -2.23. The van der Waals surface area contributed by atoms with Gasteiger partial charge in [-0.1, -0.05) is 13.0 Å². The third-order valence-corrected chi connectivity index (χ3v) is 3.26. The minimum Gasteiger partial charge on any atom is -0.341 e. The molecule has 2 N–H and O–H groups in total. The number of nitrogens with zero attached hydrogens (tertiary/aromatic N) is 1. The molecule has 1 unspecified atom stereocenters. The van der Waals surface area contributed by atoms with Crippen molar-refractivity contribution in [2.24, 2.45) is 5.73 Å². The van der Waals surface area contributed by atoms with Crippen molar-refractivity contribution in [3.63, 3.8) is 0 Å². The number of hydrogen-bond donors (Lipinski definition) is 1. The van der Waals surface area contributed by atoms with Gasteiger partial charge in [0.25, 0.3) is 0 Å². The predicted octanol–water partition coefficient (Wildman–Crippen LogP) is 2.01. The van der Waals surface area contributed by atoms with Crippen LogP contribution in [0.25, 0.3) is 0 Å². The van der Waals surface area contributed by atoms with E-state index in [4.69, 9.17) is 5.73 Å². The van der Waals surface area contributed by atoms with E-state index in [-0.39, 0.29) is 5.91 Å². The molecule has 15 heavy (non-hydrogen) atoms. The smallest absolute Gasteiger partial charge is 0.244 e. The Morgan fingerprint density at radius 3 is 2.80 bits per heavy atom. The van der Waals surface area contributed by atoms with Crippen LogP contribution in [0.15, 0.2) is 17.5 Å². The van der Waals surface area contributed by atoms with Crippen LogP contribution >= 0.6 is 11.3 Å². The van der Waals surface area contributed by atoms with Crippen LogP contribution in [0.4, 0.5) is 0 Å². The summed E-state index contributed by atoms with van der Waals surface area (Å²) in [6.45, 7) is 5.56. The summed E-state index contributed by atoms with van der Waals surface area (Å²) in [6.07, 6.45) is 0.969. The van der Waals surface area contributed by atoms with Crippen molar-refractivity contribution in [2.45, 2.75) is 26.3 Å². The minimum atomic E-state index is -0.489. The van der Waals surface area contributed by atoms with Gasteiger partial charge in [0.15, 0.2) is 0 Å². The van der Waals surface area contributed by atoms with E-state index in [9.17, 15) is 4.79 Å². The Bertz CT molecular complexity index is 298. The number of hydrogen-bond acceptors (Lipinski definition) is 3. The fourth-order valence-corrected chi connectivity index (χ4v) is 2.20. The van der Waals surface area contributed by atoms with Crippen molar-refractivity contribution < 1.29 is 4.79 Å². The number of thiophene rings is 1. The van der Waals surface area contributed by atoms with E-state index in [0.717, 1.165) is 24.4 Å². The summed E-state index contributed by atoms with van der Waals surface area (Å²) in [5.74, 6) is 0.0294. The molecule has 0 fully saturated rings. The molecule has 0 radical (unpaired) electrons. The molecule has 1 amide bonds. The van der Waals surface area contributed by atoms with Crippen molar-refractivity contribution in [1.29, 1.82) is 0 Å². The molecule has 1 atom stereocenters. The highest BCUT2D eigenvalue weighted by Gasteiger charge is 2.21. The van der Waals surface area contributed by atoms with E-state index in [1.165, 1.54) is 11.3 Å². The Morgan fingerprint density at radius 2 is 2.33 bits per heavy atom. The SMILES string of the molecule is CCCN(CC)C(=O)C(N)c1cccs1. The number of carbonyl (C=O) groups is 1. The lowest BCUT2D eigenvalue weighted by molar-refractivity contribution is -0.132. The molecule has 84 valence electrons. The summed E-state index contributed by atoms with van der Waals surface area (Å²) in [6, 6.07) is 3.34. The molecule has 0 aromatic carbocycles. The van der Waals surface area contributed by atoms with Gasteiger partial charge >= 0.3 is 0 Å². The first-order chi connectivity index (χ1) is 7.20. The molecule has 1 heterocycles. The van der Waals surface area contributed by atoms with Crippen LogP contribution in [0.2, 0.25) is 0 Å². The summed E-state index contributed by atoms with van der Waals surface area (Å²) in [4.78, 5) is 14.7. The van der Waals surface area contributed by atoms with Crippen LogP contribution < -0.4 is 5.73 Å². The standard InChI is InChI=1S/C11H18N2OS/c1-3-7-13(4-2)11(14)10(12)9-6-5-8-15-9/h5-6,8,10H,3-4,7,12H2,1-2H3. The van der Waals surface area contributed by atoms with Crippen LogP contribution in [-0.2, 0) is 4.79 Å². The largest absolute Gasteiger partial charge is 0.341 e. The van der Waals surface area contributed by atoms with Gasteiger partial charge in [0.05, 0.1) is 0 Å². The zero-order valence-electron chi connectivity index (χ0n) is 9.27. The molecule has 1 rings (SSSR count). The van der Waals surface area contributed by atoms with Crippen molar-refractivity contribution in [3.8, 4) is 0 Å². The molecule has 1 aromatic rings. The Labute approximate surface area is 94.9 Å². The van der Waals surface area contributed by atoms with Gasteiger partial charge in [0, 0.05) is 18.0 Å². The zero-order chi connectivity index (χ0) is 11.3. The molecule has 0 aliphatic rings. The van der Waals surface area contributed by atoms with Crippen LogP contribution in [-0.4, -0.2) is 23.9 Å². The van der Waals surface area contributed by atoms with Gasteiger partial charge in [0.1, 0.15) is 6.04 Å². The lowest BCUT2D eigenvalue weighted by atomic mass is 10.2. The summed E-state index contributed by atoms with van der Waals surface area (Å²) >= 11 is 1.53. The van der Waals surface area contributed by atoms with Crippen molar-refractivity contribution >= 4 is 17.2 Å². The van der Waals surface area contributed by atoms with Crippen LogP contribution in [0, 0.1) is 0 Å². The number of amides is 1. The molecule has 0 aliphatic heterocycles. The zero-order valence-corrected chi connectivity index (χ0v) is 10.1. The number of nitrogens with two attached hydrogens (primary N) is 1. The van der Waals surface area contributed by atoms with Crippen molar-refractivity contribution in [3.05, 3.63) is 22.4 Å². The van der Waals surface area contributed by atoms with Crippen molar-refractivity contribution in [1.82, 2.24) is 4.90 Å². The topological polar surface area (TPSA) is 46.3 Å². The highest BCUT2D eigenvalue weighted by atomic mass is 32.1. The van der Waals surface area contributed by atoms with E-state index in [0.29, 0.717) is 0 Å². The maximum absolute atomic E-state index is 12.0. The van der Waals surface area contributed by atoms with E-state index in [1.807, 2.05) is 29.3 Å². The molecular weight excluding hydrogens is 208 g/mol. The van der Waals surface area contributed by atoms with Gasteiger partial charge in [0.2, 0.25) is 5.91 Å². The number of likely N-dealkylation sites (N-methyl/N-ethyl adjacent to an activating group) is 1. The normalized spacial score (nSPS) is 12.5. The first-order valence-corrected chi connectivity index (χ1v) is 6.16. The summed E-state index contributed by atoms with van der Waals surface area (Å²) in [7, 11) is 0. The summed E-state index contributed by atoms with van der Waals surface area (Å²) in [5, 5.41) is 1.94. The molecule has 3 nitrogen and oxygen atoms in total. The summed E-state index contributed by atoms with van der Waals surface area (Å²) < 4.78 is 0. The van der Waals surface area contributed by atoms with Gasteiger partial charge in [-0.15, -0.1) is 11.3 Å². The Balaban J connectivity index is 2.66. The average Bonchev–Trinajstić information content (AvgIpc) is 2.77.